The van der Waals surface area contributed by atoms with Crippen molar-refractivity contribution >= 4 is 24.4 Å². The minimum absolute atomic E-state index is 0.139. The number of carbonyl (C=O) groups is 3. The van der Waals surface area contributed by atoms with E-state index in [1.165, 1.54) is 6.92 Å². The number of nitrogens with zero attached hydrogens (tertiary/aromatic N) is 1. The smallest absolute Gasteiger partial charge is 0.419 e. The van der Waals surface area contributed by atoms with Gasteiger partial charge in [-0.25, -0.2) is 14.5 Å². The Kier molecular flexibility index (Phi) is 10.8. The lowest BCUT2D eigenvalue weighted by Crippen LogP contribution is -2.78. The Morgan fingerprint density at radius 3 is 1.44 bits per heavy atom. The van der Waals surface area contributed by atoms with E-state index in [9.17, 15) is 19.2 Å². The maximum atomic E-state index is 13.5. The molecule has 0 aromatic rings. The van der Waals surface area contributed by atoms with Gasteiger partial charge in [0.1, 0.15) is 11.2 Å². The summed E-state index contributed by atoms with van der Waals surface area (Å²) in [5.74, 6) is -2.94. The Morgan fingerprint density at radius 2 is 1.14 bits per heavy atom. The third-order valence-corrected chi connectivity index (χ3v) is 4.11. The quantitative estimate of drug-likeness (QED) is 0.436. The minimum atomic E-state index is -2.63. The largest absolute Gasteiger partial charge is 0.444 e. The zero-order valence-electron chi connectivity index (χ0n) is 24.6. The molecule has 0 aliphatic rings. The second kappa shape index (κ2) is 11.5. The van der Waals surface area contributed by atoms with Gasteiger partial charge in [-0.2, -0.15) is 0 Å². The molecular weight excluding hydrogens is 468 g/mol. The first-order valence-electron chi connectivity index (χ1n) is 12.2. The van der Waals surface area contributed by atoms with E-state index in [4.69, 9.17) is 18.9 Å². The molecule has 0 aromatic heterocycles. The summed E-state index contributed by atoms with van der Waals surface area (Å²) in [6.45, 7) is 23.0. The van der Waals surface area contributed by atoms with E-state index in [0.717, 1.165) is 0 Å². The van der Waals surface area contributed by atoms with Gasteiger partial charge in [0.15, 0.2) is 0 Å². The molecular formula is C26H47N2O8. The Morgan fingerprint density at radius 1 is 0.722 bits per heavy atom. The molecule has 1 radical (unpaired) electrons. The van der Waals surface area contributed by atoms with Crippen molar-refractivity contribution < 1.29 is 38.1 Å². The summed E-state index contributed by atoms with van der Waals surface area (Å²) in [7, 11) is 0. The van der Waals surface area contributed by atoms with Crippen LogP contribution in [-0.4, -0.2) is 63.1 Å². The van der Waals surface area contributed by atoms with Crippen LogP contribution in [0.1, 0.15) is 110 Å². The van der Waals surface area contributed by atoms with Crippen LogP contribution in [-0.2, 0) is 28.5 Å². The Hall–Kier alpha value is -2.20. The molecule has 10 nitrogen and oxygen atoms in total. The average molecular weight is 516 g/mol. The SMILES string of the molecule is CCCC(=O)N(C(=O)OC(C)(C)C)[C@]([C]=O)(NC(=O)OC(C)(C)C)C(C)(OC(C)(C)C)OC(C)(C)C. The van der Waals surface area contributed by atoms with Gasteiger partial charge in [-0.1, -0.05) is 6.92 Å². The molecule has 3 amide bonds. The molecule has 10 heteroatoms. The van der Waals surface area contributed by atoms with Gasteiger partial charge in [-0.3, -0.25) is 14.9 Å². The summed E-state index contributed by atoms with van der Waals surface area (Å²) in [4.78, 5) is 53.6. The fourth-order valence-electron chi connectivity index (χ4n) is 3.38. The summed E-state index contributed by atoms with van der Waals surface area (Å²) in [5, 5.41) is 2.40. The number of nitrogens with one attached hydrogen (secondary N) is 1. The van der Waals surface area contributed by atoms with Crippen molar-refractivity contribution in [3.05, 3.63) is 0 Å². The highest BCUT2D eigenvalue weighted by Crippen LogP contribution is 2.38. The first kappa shape index (κ1) is 33.8. The van der Waals surface area contributed by atoms with Crippen LogP contribution in [0.4, 0.5) is 9.59 Å². The molecule has 0 heterocycles. The first-order chi connectivity index (χ1) is 15.8. The first-order valence-corrected chi connectivity index (χ1v) is 12.2. The minimum Gasteiger partial charge on any atom is -0.444 e. The van der Waals surface area contributed by atoms with Crippen LogP contribution in [0.15, 0.2) is 0 Å². The van der Waals surface area contributed by atoms with Crippen LogP contribution in [0.5, 0.6) is 0 Å². The number of carbonyl (C=O) groups excluding carboxylic acids is 4. The van der Waals surface area contributed by atoms with E-state index in [-0.39, 0.29) is 6.42 Å². The second-order valence-electron chi connectivity index (χ2n) is 12.8. The Balaban J connectivity index is 7.46. The van der Waals surface area contributed by atoms with Crippen molar-refractivity contribution in [1.29, 1.82) is 0 Å². The number of rotatable bonds is 8. The molecule has 1 N–H and O–H groups in total. The summed E-state index contributed by atoms with van der Waals surface area (Å²) in [6, 6.07) is 0. The number of imide groups is 1. The summed E-state index contributed by atoms with van der Waals surface area (Å²) in [5.41, 5.74) is -6.57. The Bertz CT molecular complexity index is 781. The van der Waals surface area contributed by atoms with Crippen molar-refractivity contribution in [2.75, 3.05) is 0 Å². The van der Waals surface area contributed by atoms with Crippen LogP contribution in [0, 0.1) is 0 Å². The van der Waals surface area contributed by atoms with Crippen molar-refractivity contribution in [2.45, 2.75) is 144 Å². The summed E-state index contributed by atoms with van der Waals surface area (Å²) < 4.78 is 23.3. The standard InChI is InChI=1S/C26H47N2O8/c1-15-16-18(30)28(20(32)34-22(5,6)7)26(17-29,27-19(31)33-21(2,3)4)25(14,35-23(8,9)10)36-24(11,12)13/h15-16H2,1-14H3,(H,27,31)/t26-/m0/s1. The number of amides is 3. The number of ether oxygens (including phenoxy) is 4. The molecule has 0 unspecified atom stereocenters. The van der Waals surface area contributed by atoms with E-state index in [0.29, 0.717) is 11.3 Å². The van der Waals surface area contributed by atoms with Gasteiger partial charge in [0.2, 0.25) is 17.4 Å². The highest BCUT2D eigenvalue weighted by atomic mass is 16.7. The van der Waals surface area contributed by atoms with E-state index in [1.54, 1.807) is 96.3 Å². The molecule has 1 atom stereocenters. The lowest BCUT2D eigenvalue weighted by molar-refractivity contribution is -0.336. The lowest BCUT2D eigenvalue weighted by atomic mass is 9.95. The Labute approximate surface area is 216 Å². The van der Waals surface area contributed by atoms with E-state index in [1.807, 2.05) is 0 Å². The molecule has 0 aliphatic carbocycles. The molecule has 209 valence electrons. The van der Waals surface area contributed by atoms with Crippen LogP contribution in [0.25, 0.3) is 0 Å². The highest BCUT2D eigenvalue weighted by Gasteiger charge is 2.64. The zero-order chi connectivity index (χ0) is 29.0. The molecule has 0 aromatic carbocycles. The summed E-state index contributed by atoms with van der Waals surface area (Å²) in [6.07, 6.45) is -0.351. The monoisotopic (exact) mass is 515 g/mol. The van der Waals surface area contributed by atoms with Crippen molar-refractivity contribution in [2.24, 2.45) is 0 Å². The van der Waals surface area contributed by atoms with Gasteiger partial charge in [0.25, 0.3) is 6.29 Å². The van der Waals surface area contributed by atoms with Crippen LogP contribution >= 0.6 is 0 Å². The molecule has 0 bridgehead atoms. The van der Waals surface area contributed by atoms with Gasteiger partial charge < -0.3 is 18.9 Å². The van der Waals surface area contributed by atoms with Gasteiger partial charge in [0, 0.05) is 6.42 Å². The predicted octanol–water partition coefficient (Wildman–Crippen LogP) is 5.23. The topological polar surface area (TPSA) is 120 Å². The van der Waals surface area contributed by atoms with Crippen molar-refractivity contribution in [1.82, 2.24) is 10.2 Å². The van der Waals surface area contributed by atoms with Crippen molar-refractivity contribution in [3.8, 4) is 0 Å². The van der Waals surface area contributed by atoms with E-state index < -0.39 is 51.9 Å². The van der Waals surface area contributed by atoms with Crippen LogP contribution < -0.4 is 5.32 Å². The van der Waals surface area contributed by atoms with Gasteiger partial charge in [-0.15, -0.1) is 0 Å². The molecule has 0 aliphatic heterocycles. The zero-order valence-corrected chi connectivity index (χ0v) is 24.6. The van der Waals surface area contributed by atoms with Crippen molar-refractivity contribution in [3.63, 3.8) is 0 Å². The normalized spacial score (nSPS) is 14.9. The van der Waals surface area contributed by atoms with Crippen LogP contribution in [0.3, 0.4) is 0 Å². The van der Waals surface area contributed by atoms with Gasteiger partial charge in [-0.05, 0) is 96.4 Å². The summed E-state index contributed by atoms with van der Waals surface area (Å²) >= 11 is 0. The second-order valence-corrected chi connectivity index (χ2v) is 12.8. The van der Waals surface area contributed by atoms with E-state index >= 15 is 0 Å². The maximum absolute atomic E-state index is 13.5. The third kappa shape index (κ3) is 10.4. The molecule has 0 saturated carbocycles. The molecule has 0 rings (SSSR count). The van der Waals surface area contributed by atoms with Gasteiger partial charge in [0.05, 0.1) is 11.2 Å². The fraction of sp³-hybridized carbons (Fsp3) is 0.846. The lowest BCUT2D eigenvalue weighted by Gasteiger charge is -2.52. The number of hydrogen-bond donors (Lipinski definition) is 1. The molecule has 0 fully saturated rings. The van der Waals surface area contributed by atoms with Crippen LogP contribution in [0.2, 0.25) is 0 Å². The molecule has 36 heavy (non-hydrogen) atoms. The van der Waals surface area contributed by atoms with E-state index in [2.05, 4.69) is 5.32 Å². The highest BCUT2D eigenvalue weighted by molar-refractivity contribution is 5.98. The molecule has 0 saturated heterocycles. The number of alkyl carbamates (subject to hydrolysis) is 1. The molecule has 0 spiro atoms. The number of hydrogen-bond acceptors (Lipinski definition) is 8. The average Bonchev–Trinajstić information content (AvgIpc) is 2.54. The van der Waals surface area contributed by atoms with Gasteiger partial charge >= 0.3 is 12.2 Å². The fourth-order valence-corrected chi connectivity index (χ4v) is 3.38. The predicted molar refractivity (Wildman–Crippen MR) is 136 cm³/mol. The third-order valence-electron chi connectivity index (χ3n) is 4.11. The maximum Gasteiger partial charge on any atom is 0.419 e.